The number of rotatable bonds is 2. The fourth-order valence-corrected chi connectivity index (χ4v) is 8.40. The fourth-order valence-electron chi connectivity index (χ4n) is 8.40. The zero-order chi connectivity index (χ0) is 28.6. The van der Waals surface area contributed by atoms with Crippen molar-refractivity contribution in [3.05, 3.63) is 76.4 Å². The molecule has 9 heteroatoms. The Kier molecular flexibility index (Phi) is 5.83. The lowest BCUT2D eigenvalue weighted by molar-refractivity contribution is -0.150. The number of hydrogen-bond acceptors (Lipinski definition) is 5. The van der Waals surface area contributed by atoms with Gasteiger partial charge in [0.05, 0.1) is 35.7 Å². The SMILES string of the molecule is O=C1Cc2ccccc2C2(CCN(C(=O)[C@H]3CCN(C(=O)C4=C5c6ccccc6C(=O)N5CC4)[C@@H]4CCO[C@H]34)CC2)N1. The molecule has 1 N–H and O–H groups in total. The largest absolute Gasteiger partial charge is 0.375 e. The van der Waals surface area contributed by atoms with E-state index in [1.54, 1.807) is 4.90 Å². The minimum atomic E-state index is -0.421. The first-order valence-corrected chi connectivity index (χ1v) is 15.2. The summed E-state index contributed by atoms with van der Waals surface area (Å²) in [5.41, 5.74) is 4.78. The number of carbonyl (C=O) groups is 4. The highest BCUT2D eigenvalue weighted by molar-refractivity contribution is 6.15. The van der Waals surface area contributed by atoms with E-state index in [9.17, 15) is 19.2 Å². The second-order valence-corrected chi connectivity index (χ2v) is 12.5. The Hall–Kier alpha value is -3.98. The van der Waals surface area contributed by atoms with Gasteiger partial charge in [0.2, 0.25) is 11.8 Å². The molecule has 6 aliphatic rings. The quantitative estimate of drug-likeness (QED) is 0.602. The van der Waals surface area contributed by atoms with Crippen LogP contribution in [0.25, 0.3) is 5.70 Å². The van der Waals surface area contributed by atoms with E-state index in [0.717, 1.165) is 16.8 Å². The Morgan fingerprint density at radius 1 is 0.905 bits per heavy atom. The lowest BCUT2D eigenvalue weighted by Crippen LogP contribution is -2.60. The summed E-state index contributed by atoms with van der Waals surface area (Å²) in [6.45, 7) is 2.68. The molecular weight excluding hydrogens is 532 g/mol. The number of fused-ring (bicyclic) bond motifs is 6. The molecular formula is C33H34N4O5. The maximum atomic E-state index is 14.0. The van der Waals surface area contributed by atoms with Crippen molar-refractivity contribution in [1.82, 2.24) is 20.0 Å². The summed E-state index contributed by atoms with van der Waals surface area (Å²) in [5, 5.41) is 3.26. The van der Waals surface area contributed by atoms with Gasteiger partial charge in [-0.15, -0.1) is 0 Å². The second-order valence-electron chi connectivity index (χ2n) is 12.5. The Bertz CT molecular complexity index is 1560. The molecule has 3 saturated heterocycles. The second kappa shape index (κ2) is 9.52. The average molecular weight is 567 g/mol. The summed E-state index contributed by atoms with van der Waals surface area (Å²) >= 11 is 0. The van der Waals surface area contributed by atoms with Gasteiger partial charge in [0.25, 0.3) is 11.8 Å². The van der Waals surface area contributed by atoms with E-state index < -0.39 is 5.54 Å². The molecule has 8 rings (SSSR count). The standard InChI is InChI=1S/C33H34N4O5/c38-27-19-20-5-1-4-8-25(20)33(34-27)12-16-35(17-13-33)30(39)24-10-14-36(26-11-18-42-29(24)26)32(41)23-9-15-37-28(23)21-6-2-3-7-22(21)31(37)40/h1-8,24,26,29H,9-19H2,(H,34,38)/t24-,26+,29+/m0/s1. The number of piperidine rings is 2. The first-order valence-electron chi connectivity index (χ1n) is 15.2. The predicted octanol–water partition coefficient (Wildman–Crippen LogP) is 2.45. The first-order chi connectivity index (χ1) is 20.4. The van der Waals surface area contributed by atoms with Crippen molar-refractivity contribution in [3.63, 3.8) is 0 Å². The van der Waals surface area contributed by atoms with Gasteiger partial charge in [0, 0.05) is 49.5 Å². The molecule has 3 atom stereocenters. The molecule has 216 valence electrons. The maximum Gasteiger partial charge on any atom is 0.258 e. The molecule has 2 aromatic rings. The molecule has 0 saturated carbocycles. The van der Waals surface area contributed by atoms with Gasteiger partial charge < -0.3 is 24.8 Å². The topological polar surface area (TPSA) is 99.3 Å². The number of carbonyl (C=O) groups excluding carboxylic acids is 4. The van der Waals surface area contributed by atoms with Crippen LogP contribution in [0.15, 0.2) is 54.1 Å². The van der Waals surface area contributed by atoms with Crippen molar-refractivity contribution in [3.8, 4) is 0 Å². The molecule has 6 aliphatic heterocycles. The van der Waals surface area contributed by atoms with E-state index in [1.165, 1.54) is 5.56 Å². The van der Waals surface area contributed by atoms with Crippen LogP contribution in [-0.4, -0.2) is 83.3 Å². The van der Waals surface area contributed by atoms with Crippen LogP contribution in [0.2, 0.25) is 0 Å². The van der Waals surface area contributed by atoms with Gasteiger partial charge in [-0.05, 0) is 49.3 Å². The van der Waals surface area contributed by atoms with E-state index in [-0.39, 0.29) is 41.7 Å². The van der Waals surface area contributed by atoms with E-state index >= 15 is 0 Å². The third kappa shape index (κ3) is 3.72. The van der Waals surface area contributed by atoms with Crippen LogP contribution >= 0.6 is 0 Å². The van der Waals surface area contributed by atoms with Crippen LogP contribution in [0.1, 0.15) is 59.2 Å². The van der Waals surface area contributed by atoms with Gasteiger partial charge in [-0.25, -0.2) is 0 Å². The number of hydrogen-bond donors (Lipinski definition) is 1. The van der Waals surface area contributed by atoms with Crippen molar-refractivity contribution in [2.45, 2.75) is 56.2 Å². The highest BCUT2D eigenvalue weighted by Gasteiger charge is 2.51. The molecule has 4 amide bonds. The van der Waals surface area contributed by atoms with E-state index in [1.807, 2.05) is 52.3 Å². The third-order valence-electron chi connectivity index (χ3n) is 10.4. The molecule has 3 fully saturated rings. The van der Waals surface area contributed by atoms with Crippen molar-refractivity contribution in [2.24, 2.45) is 5.92 Å². The van der Waals surface area contributed by atoms with Crippen LogP contribution in [0.3, 0.4) is 0 Å². The molecule has 1 spiro atoms. The zero-order valence-corrected chi connectivity index (χ0v) is 23.5. The minimum absolute atomic E-state index is 0.0324. The van der Waals surface area contributed by atoms with Crippen LogP contribution in [-0.2, 0) is 31.1 Å². The normalized spacial score (nSPS) is 27.5. The van der Waals surface area contributed by atoms with Gasteiger partial charge in [-0.3, -0.25) is 19.2 Å². The van der Waals surface area contributed by atoms with E-state index in [4.69, 9.17) is 4.74 Å². The minimum Gasteiger partial charge on any atom is -0.375 e. The number of amides is 4. The third-order valence-corrected chi connectivity index (χ3v) is 10.4. The Morgan fingerprint density at radius 3 is 2.50 bits per heavy atom. The average Bonchev–Trinajstić information content (AvgIpc) is 3.74. The molecule has 2 aromatic carbocycles. The highest BCUT2D eigenvalue weighted by atomic mass is 16.5. The van der Waals surface area contributed by atoms with Gasteiger partial charge in [-0.2, -0.15) is 0 Å². The summed E-state index contributed by atoms with van der Waals surface area (Å²) in [6, 6.07) is 15.5. The van der Waals surface area contributed by atoms with Crippen molar-refractivity contribution < 1.29 is 23.9 Å². The molecule has 0 radical (unpaired) electrons. The predicted molar refractivity (Wildman–Crippen MR) is 153 cm³/mol. The molecule has 0 unspecified atom stereocenters. The number of likely N-dealkylation sites (tertiary alicyclic amines) is 2. The number of ether oxygens (including phenoxy) is 1. The summed E-state index contributed by atoms with van der Waals surface area (Å²) in [4.78, 5) is 59.0. The van der Waals surface area contributed by atoms with Crippen molar-refractivity contribution in [1.29, 1.82) is 0 Å². The molecule has 9 nitrogen and oxygen atoms in total. The van der Waals surface area contributed by atoms with Crippen molar-refractivity contribution in [2.75, 3.05) is 32.8 Å². The van der Waals surface area contributed by atoms with Gasteiger partial charge in [0.15, 0.2) is 0 Å². The number of nitrogens with zero attached hydrogens (tertiary/aromatic N) is 3. The number of benzene rings is 2. The lowest BCUT2D eigenvalue weighted by Gasteiger charge is -2.47. The molecule has 6 heterocycles. The van der Waals surface area contributed by atoms with Crippen LogP contribution in [0, 0.1) is 5.92 Å². The van der Waals surface area contributed by atoms with Gasteiger partial charge >= 0.3 is 0 Å². The summed E-state index contributed by atoms with van der Waals surface area (Å²) in [5.74, 6) is -0.229. The summed E-state index contributed by atoms with van der Waals surface area (Å²) < 4.78 is 6.18. The Labute approximate surface area is 244 Å². The van der Waals surface area contributed by atoms with Crippen LogP contribution in [0.4, 0.5) is 0 Å². The summed E-state index contributed by atoms with van der Waals surface area (Å²) in [7, 11) is 0. The number of nitrogens with one attached hydrogen (secondary N) is 1. The smallest absolute Gasteiger partial charge is 0.258 e. The Balaban J connectivity index is 0.992. The monoisotopic (exact) mass is 566 g/mol. The van der Waals surface area contributed by atoms with E-state index in [2.05, 4.69) is 11.4 Å². The first kappa shape index (κ1) is 25.7. The van der Waals surface area contributed by atoms with E-state index in [0.29, 0.717) is 82.4 Å². The maximum absolute atomic E-state index is 14.0. The van der Waals surface area contributed by atoms with Crippen molar-refractivity contribution >= 4 is 29.3 Å². The van der Waals surface area contributed by atoms with Crippen LogP contribution in [0.5, 0.6) is 0 Å². The van der Waals surface area contributed by atoms with Gasteiger partial charge in [0.1, 0.15) is 0 Å². The highest BCUT2D eigenvalue weighted by Crippen LogP contribution is 2.43. The molecule has 0 aromatic heterocycles. The molecule has 0 aliphatic carbocycles. The Morgan fingerprint density at radius 2 is 1.67 bits per heavy atom. The van der Waals surface area contributed by atoms with Gasteiger partial charge in [-0.1, -0.05) is 42.5 Å². The summed E-state index contributed by atoms with van der Waals surface area (Å²) in [6.07, 6.45) is 3.23. The van der Waals surface area contributed by atoms with Crippen LogP contribution < -0.4 is 5.32 Å². The molecule has 0 bridgehead atoms. The zero-order valence-electron chi connectivity index (χ0n) is 23.5. The fraction of sp³-hybridized carbons (Fsp3) is 0.455. The lowest BCUT2D eigenvalue weighted by atomic mass is 9.75. The molecule has 42 heavy (non-hydrogen) atoms.